The molecule has 0 atom stereocenters. The monoisotopic (exact) mass is 613 g/mol. The Morgan fingerprint density at radius 2 is 1.68 bits per heavy atom. The molecule has 11 heteroatoms. The zero-order chi connectivity index (χ0) is 29.9. The molecule has 2 aromatic carbocycles. The highest BCUT2D eigenvalue weighted by Gasteiger charge is 2.29. The molecular formula is C33H40ClN9O. The van der Waals surface area contributed by atoms with Gasteiger partial charge in [-0.15, -0.1) is 22.6 Å². The van der Waals surface area contributed by atoms with Crippen molar-refractivity contribution in [1.82, 2.24) is 39.6 Å². The molecule has 0 aliphatic carbocycles. The Bertz CT molecular complexity index is 1700. The lowest BCUT2D eigenvalue weighted by Gasteiger charge is -2.35. The Morgan fingerprint density at radius 1 is 0.932 bits per heavy atom. The van der Waals surface area contributed by atoms with E-state index < -0.39 is 0 Å². The molecule has 0 spiro atoms. The van der Waals surface area contributed by atoms with Crippen molar-refractivity contribution in [2.45, 2.75) is 27.3 Å². The number of nitrogens with zero attached hydrogens (tertiary/aromatic N) is 9. The van der Waals surface area contributed by atoms with Gasteiger partial charge in [0.1, 0.15) is 5.82 Å². The average Bonchev–Trinajstić information content (AvgIpc) is 3.64. The second-order valence-electron chi connectivity index (χ2n) is 11.1. The first kappa shape index (κ1) is 31.2. The number of aryl methyl sites for hydroxylation is 2. The summed E-state index contributed by atoms with van der Waals surface area (Å²) in [7, 11) is 2.05. The summed E-state index contributed by atoms with van der Waals surface area (Å²) in [6, 6.07) is 20.6. The van der Waals surface area contributed by atoms with E-state index in [1.54, 1.807) is 4.80 Å². The van der Waals surface area contributed by atoms with E-state index in [4.69, 9.17) is 4.98 Å². The highest BCUT2D eigenvalue weighted by molar-refractivity contribution is 6.13. The van der Waals surface area contributed by atoms with Crippen molar-refractivity contribution in [2.24, 2.45) is 7.05 Å². The van der Waals surface area contributed by atoms with Gasteiger partial charge in [-0.25, -0.2) is 4.98 Å². The smallest absolute Gasteiger partial charge is 0.256 e. The van der Waals surface area contributed by atoms with Crippen LogP contribution in [0.2, 0.25) is 0 Å². The minimum absolute atomic E-state index is 0. The third kappa shape index (κ3) is 6.18. The lowest BCUT2D eigenvalue weighted by atomic mass is 10.0. The summed E-state index contributed by atoms with van der Waals surface area (Å²) in [4.78, 5) is 27.1. The van der Waals surface area contributed by atoms with Crippen LogP contribution < -0.4 is 4.90 Å². The van der Waals surface area contributed by atoms with Gasteiger partial charge < -0.3 is 19.3 Å². The summed E-state index contributed by atoms with van der Waals surface area (Å²) in [5.74, 6) is 1.54. The fourth-order valence-electron chi connectivity index (χ4n) is 5.94. The summed E-state index contributed by atoms with van der Waals surface area (Å²) < 4.78 is 2.15. The molecule has 0 radical (unpaired) electrons. The van der Waals surface area contributed by atoms with Gasteiger partial charge in [-0.1, -0.05) is 55.8 Å². The molecule has 1 aliphatic heterocycles. The summed E-state index contributed by atoms with van der Waals surface area (Å²) in [6.45, 7) is 12.7. The predicted octanol–water partition coefficient (Wildman–Crippen LogP) is 4.93. The van der Waals surface area contributed by atoms with Gasteiger partial charge in [-0.2, -0.15) is 4.80 Å². The second-order valence-corrected chi connectivity index (χ2v) is 11.1. The molecule has 10 nitrogen and oxygen atoms in total. The van der Waals surface area contributed by atoms with E-state index >= 15 is 0 Å². The Hall–Kier alpha value is -4.28. The molecule has 3 aromatic heterocycles. The normalized spacial score (nSPS) is 13.5. The van der Waals surface area contributed by atoms with Gasteiger partial charge in [0.15, 0.2) is 0 Å². The van der Waals surface area contributed by atoms with Crippen LogP contribution >= 0.6 is 12.4 Å². The Labute approximate surface area is 264 Å². The van der Waals surface area contributed by atoms with Crippen LogP contribution in [0.25, 0.3) is 33.5 Å². The first-order valence-electron chi connectivity index (χ1n) is 15.1. The van der Waals surface area contributed by atoms with E-state index in [-0.39, 0.29) is 18.3 Å². The van der Waals surface area contributed by atoms with Crippen LogP contribution in [0, 0.1) is 6.92 Å². The standard InChI is InChI=1S/C33H39N9O.ClH/c1-5-39(6-2)16-21-42-36-32(35-37-42)26-13-15-29(34-23-26)40-17-19-41(20-18-40)33(43)30-27-22-24(3)12-14-28(27)38(4)31(30)25-10-8-7-9-11-25;/h7-15,22-23H,5-6,16-21H2,1-4H3;1H. The molecule has 230 valence electrons. The molecule has 0 unspecified atom stereocenters. The number of rotatable bonds is 9. The Balaban J connectivity index is 0.00000384. The minimum Gasteiger partial charge on any atom is -0.353 e. The number of tetrazole rings is 1. The molecule has 0 saturated carbocycles. The molecule has 1 amide bonds. The molecule has 44 heavy (non-hydrogen) atoms. The summed E-state index contributed by atoms with van der Waals surface area (Å²) >= 11 is 0. The third-order valence-corrected chi connectivity index (χ3v) is 8.48. The van der Waals surface area contributed by atoms with E-state index in [0.717, 1.165) is 64.3 Å². The van der Waals surface area contributed by atoms with Gasteiger partial charge in [-0.05, 0) is 55.1 Å². The number of hydrogen-bond donors (Lipinski definition) is 0. The van der Waals surface area contributed by atoms with E-state index in [1.807, 2.05) is 48.5 Å². The van der Waals surface area contributed by atoms with E-state index in [9.17, 15) is 4.79 Å². The lowest BCUT2D eigenvalue weighted by Crippen LogP contribution is -2.49. The van der Waals surface area contributed by atoms with Crippen molar-refractivity contribution in [3.63, 3.8) is 0 Å². The predicted molar refractivity (Wildman–Crippen MR) is 177 cm³/mol. The van der Waals surface area contributed by atoms with Gasteiger partial charge in [0.25, 0.3) is 5.91 Å². The Morgan fingerprint density at radius 3 is 2.36 bits per heavy atom. The van der Waals surface area contributed by atoms with Crippen molar-refractivity contribution in [1.29, 1.82) is 0 Å². The van der Waals surface area contributed by atoms with Gasteiger partial charge in [-0.3, -0.25) is 4.79 Å². The van der Waals surface area contributed by atoms with Gasteiger partial charge >= 0.3 is 0 Å². The fraction of sp³-hybridized carbons (Fsp3) is 0.364. The lowest BCUT2D eigenvalue weighted by molar-refractivity contribution is 0.0749. The summed E-state index contributed by atoms with van der Waals surface area (Å²) in [5.41, 5.74) is 5.83. The zero-order valence-corrected chi connectivity index (χ0v) is 26.7. The van der Waals surface area contributed by atoms with Crippen LogP contribution in [-0.2, 0) is 13.6 Å². The van der Waals surface area contributed by atoms with Gasteiger partial charge in [0.2, 0.25) is 5.82 Å². The molecule has 1 fully saturated rings. The molecule has 0 N–H and O–H groups in total. The fourth-order valence-corrected chi connectivity index (χ4v) is 5.94. The number of carbonyl (C=O) groups is 1. The summed E-state index contributed by atoms with van der Waals surface area (Å²) in [6.07, 6.45) is 1.81. The maximum absolute atomic E-state index is 14.2. The number of aromatic nitrogens is 6. The van der Waals surface area contributed by atoms with E-state index in [2.05, 4.69) is 80.9 Å². The topological polar surface area (TPSA) is 88.2 Å². The maximum atomic E-state index is 14.2. The number of carbonyl (C=O) groups excluding carboxylic acids is 1. The van der Waals surface area contributed by atoms with Crippen LogP contribution in [0.3, 0.4) is 0 Å². The van der Waals surface area contributed by atoms with Crippen molar-refractivity contribution in [3.05, 3.63) is 78.0 Å². The number of fused-ring (bicyclic) bond motifs is 1. The van der Waals surface area contributed by atoms with Crippen LogP contribution in [0.4, 0.5) is 5.82 Å². The number of amides is 1. The maximum Gasteiger partial charge on any atom is 0.256 e. The molecule has 5 aromatic rings. The first-order chi connectivity index (χ1) is 21.0. The molecular weight excluding hydrogens is 574 g/mol. The molecule has 6 rings (SSSR count). The van der Waals surface area contributed by atoms with Crippen LogP contribution in [0.5, 0.6) is 0 Å². The number of halogens is 1. The summed E-state index contributed by atoms with van der Waals surface area (Å²) in [5, 5.41) is 14.0. The van der Waals surface area contributed by atoms with Crippen molar-refractivity contribution >= 4 is 35.0 Å². The molecule has 1 aliphatic rings. The SMILES string of the molecule is CCN(CC)CCn1nnc(-c2ccc(N3CCN(C(=O)c4c(-c5ccccc5)n(C)c5ccc(C)cc45)CC3)nc2)n1.Cl. The van der Waals surface area contributed by atoms with Crippen molar-refractivity contribution < 1.29 is 4.79 Å². The van der Waals surface area contributed by atoms with Gasteiger partial charge in [0.05, 0.1) is 17.8 Å². The van der Waals surface area contributed by atoms with Crippen molar-refractivity contribution in [3.8, 4) is 22.6 Å². The quantitative estimate of drug-likeness (QED) is 0.233. The number of likely N-dealkylation sites (N-methyl/N-ethyl adjacent to an activating group) is 1. The Kier molecular flexibility index (Phi) is 9.61. The number of pyridine rings is 1. The zero-order valence-electron chi connectivity index (χ0n) is 25.8. The molecule has 0 bridgehead atoms. The van der Waals surface area contributed by atoms with E-state index in [1.165, 1.54) is 0 Å². The number of hydrogen-bond acceptors (Lipinski definition) is 7. The third-order valence-electron chi connectivity index (χ3n) is 8.48. The number of benzene rings is 2. The highest BCUT2D eigenvalue weighted by Crippen LogP contribution is 2.35. The largest absolute Gasteiger partial charge is 0.353 e. The van der Waals surface area contributed by atoms with E-state index in [0.29, 0.717) is 38.5 Å². The molecule has 4 heterocycles. The van der Waals surface area contributed by atoms with Gasteiger partial charge in [0, 0.05) is 62.4 Å². The minimum atomic E-state index is 0. The van der Waals surface area contributed by atoms with Crippen LogP contribution in [0.1, 0.15) is 29.8 Å². The second kappa shape index (κ2) is 13.6. The molecule has 1 saturated heterocycles. The van der Waals surface area contributed by atoms with Crippen LogP contribution in [-0.4, -0.2) is 91.3 Å². The average molecular weight is 614 g/mol. The van der Waals surface area contributed by atoms with Crippen molar-refractivity contribution in [2.75, 3.05) is 50.7 Å². The first-order valence-corrected chi connectivity index (χ1v) is 15.1. The number of anilines is 1. The van der Waals surface area contributed by atoms with Crippen LogP contribution in [0.15, 0.2) is 66.9 Å². The number of piperazine rings is 1. The highest BCUT2D eigenvalue weighted by atomic mass is 35.5.